The SMILES string of the molecule is CC1(C)O[C@H]2[C@@H]3OCCO[C@@H]3CO[C@@]2(CO)O1. The van der Waals surface area contributed by atoms with Crippen molar-refractivity contribution in [2.24, 2.45) is 0 Å². The van der Waals surface area contributed by atoms with Gasteiger partial charge in [-0.3, -0.25) is 0 Å². The maximum absolute atomic E-state index is 9.55. The average Bonchev–Trinajstić information content (AvgIpc) is 2.61. The molecule has 0 amide bonds. The van der Waals surface area contributed by atoms with Gasteiger partial charge in [-0.1, -0.05) is 0 Å². The Bertz CT molecular complexity index is 306. The van der Waals surface area contributed by atoms with Gasteiger partial charge in [-0.05, 0) is 13.8 Å². The van der Waals surface area contributed by atoms with Crippen LogP contribution in [0.25, 0.3) is 0 Å². The number of hydrogen-bond donors (Lipinski definition) is 1. The molecule has 1 N–H and O–H groups in total. The molecule has 0 spiro atoms. The Labute approximate surface area is 99.7 Å². The van der Waals surface area contributed by atoms with E-state index in [1.807, 2.05) is 0 Å². The van der Waals surface area contributed by atoms with Gasteiger partial charge in [0.15, 0.2) is 5.79 Å². The molecule has 0 saturated carbocycles. The standard InChI is InChI=1S/C11H18O6/c1-10(2)16-9-8-7(13-3-4-14-8)5-15-11(9,6-12)17-10/h7-9,12H,3-6H2,1-2H3/t7-,8-,9+,11+/m1/s1. The van der Waals surface area contributed by atoms with Gasteiger partial charge in [0.2, 0.25) is 5.79 Å². The molecule has 6 heteroatoms. The molecule has 0 aromatic rings. The van der Waals surface area contributed by atoms with Crippen molar-refractivity contribution >= 4 is 0 Å². The Kier molecular flexibility index (Phi) is 2.70. The monoisotopic (exact) mass is 246 g/mol. The third-order valence-electron chi connectivity index (χ3n) is 3.37. The summed E-state index contributed by atoms with van der Waals surface area (Å²) in [6.45, 7) is 4.78. The predicted molar refractivity (Wildman–Crippen MR) is 55.3 cm³/mol. The summed E-state index contributed by atoms with van der Waals surface area (Å²) in [6, 6.07) is 0. The molecule has 4 atom stereocenters. The van der Waals surface area contributed by atoms with E-state index < -0.39 is 17.7 Å². The van der Waals surface area contributed by atoms with Crippen LogP contribution < -0.4 is 0 Å². The Morgan fingerprint density at radius 1 is 1.24 bits per heavy atom. The van der Waals surface area contributed by atoms with E-state index in [0.29, 0.717) is 19.8 Å². The van der Waals surface area contributed by atoms with Crippen molar-refractivity contribution in [1.82, 2.24) is 0 Å². The van der Waals surface area contributed by atoms with Crippen LogP contribution in [-0.4, -0.2) is 61.4 Å². The number of fused-ring (bicyclic) bond motifs is 3. The van der Waals surface area contributed by atoms with Gasteiger partial charge < -0.3 is 28.8 Å². The highest BCUT2D eigenvalue weighted by Crippen LogP contribution is 2.43. The van der Waals surface area contributed by atoms with Gasteiger partial charge in [-0.2, -0.15) is 0 Å². The van der Waals surface area contributed by atoms with Crippen molar-refractivity contribution in [2.45, 2.75) is 43.7 Å². The number of hydrogen-bond acceptors (Lipinski definition) is 6. The van der Waals surface area contributed by atoms with Gasteiger partial charge in [-0.15, -0.1) is 0 Å². The largest absolute Gasteiger partial charge is 0.391 e. The van der Waals surface area contributed by atoms with E-state index in [-0.39, 0.29) is 18.8 Å². The van der Waals surface area contributed by atoms with Crippen LogP contribution in [0.1, 0.15) is 13.8 Å². The van der Waals surface area contributed by atoms with Crippen LogP contribution >= 0.6 is 0 Å². The molecule has 3 fully saturated rings. The highest BCUT2D eigenvalue weighted by Gasteiger charge is 2.62. The quantitative estimate of drug-likeness (QED) is 0.681. The normalized spacial score (nSPS) is 48.5. The maximum atomic E-state index is 9.55. The van der Waals surface area contributed by atoms with Crippen molar-refractivity contribution in [3.05, 3.63) is 0 Å². The molecule has 3 saturated heterocycles. The van der Waals surface area contributed by atoms with Gasteiger partial charge in [0, 0.05) is 0 Å². The van der Waals surface area contributed by atoms with Crippen LogP contribution in [0.2, 0.25) is 0 Å². The lowest BCUT2D eigenvalue weighted by Crippen LogP contribution is -2.63. The second kappa shape index (κ2) is 3.88. The maximum Gasteiger partial charge on any atom is 0.224 e. The van der Waals surface area contributed by atoms with E-state index in [4.69, 9.17) is 23.7 Å². The topological polar surface area (TPSA) is 66.4 Å². The summed E-state index contributed by atoms with van der Waals surface area (Å²) in [4.78, 5) is 0. The first-order valence-electron chi connectivity index (χ1n) is 5.92. The fourth-order valence-electron chi connectivity index (χ4n) is 2.72. The summed E-state index contributed by atoms with van der Waals surface area (Å²) in [5, 5.41) is 9.55. The smallest absolute Gasteiger partial charge is 0.224 e. The number of aliphatic hydroxyl groups is 1. The Morgan fingerprint density at radius 2 is 2.00 bits per heavy atom. The molecule has 0 aliphatic carbocycles. The zero-order valence-electron chi connectivity index (χ0n) is 10.0. The van der Waals surface area contributed by atoms with E-state index in [1.54, 1.807) is 13.8 Å². The zero-order valence-corrected chi connectivity index (χ0v) is 10.0. The highest BCUT2D eigenvalue weighted by molar-refractivity contribution is 5.01. The van der Waals surface area contributed by atoms with Crippen LogP contribution in [0.3, 0.4) is 0 Å². The Hall–Kier alpha value is -0.240. The van der Waals surface area contributed by atoms with E-state index in [2.05, 4.69) is 0 Å². The molecule has 3 rings (SSSR count). The second-order valence-corrected chi connectivity index (χ2v) is 5.07. The molecule has 0 aromatic carbocycles. The lowest BCUT2D eigenvalue weighted by atomic mass is 9.96. The highest BCUT2D eigenvalue weighted by atomic mass is 16.9. The summed E-state index contributed by atoms with van der Waals surface area (Å²) in [7, 11) is 0. The minimum atomic E-state index is -1.12. The Morgan fingerprint density at radius 3 is 2.76 bits per heavy atom. The van der Waals surface area contributed by atoms with E-state index in [0.717, 1.165) is 0 Å². The summed E-state index contributed by atoms with van der Waals surface area (Å²) in [5.41, 5.74) is 0. The van der Waals surface area contributed by atoms with Gasteiger partial charge in [0.05, 0.1) is 19.8 Å². The molecule has 3 heterocycles. The van der Waals surface area contributed by atoms with Crippen LogP contribution in [0.15, 0.2) is 0 Å². The first kappa shape index (κ1) is 11.8. The molecule has 3 aliphatic heterocycles. The van der Waals surface area contributed by atoms with Gasteiger partial charge in [0.1, 0.15) is 24.9 Å². The molecule has 0 radical (unpaired) electrons. The molecule has 0 bridgehead atoms. The van der Waals surface area contributed by atoms with Crippen LogP contribution in [-0.2, 0) is 23.7 Å². The van der Waals surface area contributed by atoms with Gasteiger partial charge >= 0.3 is 0 Å². The molecule has 17 heavy (non-hydrogen) atoms. The molecular formula is C11H18O6. The fraction of sp³-hybridized carbons (Fsp3) is 1.00. The van der Waals surface area contributed by atoms with Gasteiger partial charge in [-0.25, -0.2) is 0 Å². The molecule has 0 unspecified atom stereocenters. The fourth-order valence-corrected chi connectivity index (χ4v) is 2.72. The Balaban J connectivity index is 1.88. The van der Waals surface area contributed by atoms with Crippen molar-refractivity contribution in [3.63, 3.8) is 0 Å². The minimum Gasteiger partial charge on any atom is -0.391 e. The minimum absolute atomic E-state index is 0.147. The summed E-state index contributed by atoms with van der Waals surface area (Å²) in [6.07, 6.45) is -0.848. The van der Waals surface area contributed by atoms with E-state index >= 15 is 0 Å². The van der Waals surface area contributed by atoms with E-state index in [1.165, 1.54) is 0 Å². The van der Waals surface area contributed by atoms with Crippen molar-refractivity contribution < 1.29 is 28.8 Å². The first-order chi connectivity index (χ1) is 8.06. The van der Waals surface area contributed by atoms with Gasteiger partial charge in [0.25, 0.3) is 0 Å². The molecule has 0 aromatic heterocycles. The van der Waals surface area contributed by atoms with E-state index in [9.17, 15) is 5.11 Å². The number of rotatable bonds is 1. The van der Waals surface area contributed by atoms with Crippen LogP contribution in [0.4, 0.5) is 0 Å². The molecule has 3 aliphatic rings. The molecule has 98 valence electrons. The van der Waals surface area contributed by atoms with Crippen molar-refractivity contribution in [3.8, 4) is 0 Å². The van der Waals surface area contributed by atoms with Crippen molar-refractivity contribution in [2.75, 3.05) is 26.4 Å². The lowest BCUT2D eigenvalue weighted by Gasteiger charge is -2.45. The van der Waals surface area contributed by atoms with Crippen molar-refractivity contribution in [1.29, 1.82) is 0 Å². The van der Waals surface area contributed by atoms with Crippen LogP contribution in [0, 0.1) is 0 Å². The number of ether oxygens (including phenoxy) is 5. The van der Waals surface area contributed by atoms with Crippen LogP contribution in [0.5, 0.6) is 0 Å². The molecule has 6 nitrogen and oxygen atoms in total. The third kappa shape index (κ3) is 1.80. The summed E-state index contributed by atoms with van der Waals surface area (Å²) in [5.74, 6) is -1.91. The summed E-state index contributed by atoms with van der Waals surface area (Å²) < 4.78 is 28.4. The average molecular weight is 246 g/mol. The third-order valence-corrected chi connectivity index (χ3v) is 3.37. The lowest BCUT2D eigenvalue weighted by molar-refractivity contribution is -0.323. The summed E-state index contributed by atoms with van der Waals surface area (Å²) >= 11 is 0. The second-order valence-electron chi connectivity index (χ2n) is 5.07. The number of aliphatic hydroxyl groups excluding tert-OH is 1. The molecular weight excluding hydrogens is 228 g/mol. The first-order valence-corrected chi connectivity index (χ1v) is 5.92. The zero-order chi connectivity index (χ0) is 12.1. The predicted octanol–water partition coefficient (Wildman–Crippen LogP) is -0.359.